The van der Waals surface area contributed by atoms with Crippen molar-refractivity contribution >= 4 is 37.1 Å². The van der Waals surface area contributed by atoms with Crippen LogP contribution in [0.4, 0.5) is 21.5 Å². The number of nitrogens with two attached hydrogens (primary N) is 2. The summed E-state index contributed by atoms with van der Waals surface area (Å²) in [6.45, 7) is 0.596. The number of aliphatic hydroxyl groups is 1. The van der Waals surface area contributed by atoms with Gasteiger partial charge in [-0.05, 0) is 79.5 Å². The smallest absolute Gasteiger partial charge is 0.306 e. The number of aliphatic hydroxyl groups excluding tert-OH is 1. The summed E-state index contributed by atoms with van der Waals surface area (Å²) in [5, 5.41) is 44.9. The normalized spacial score (nSPS) is 27.0. The van der Waals surface area contributed by atoms with Crippen molar-refractivity contribution in [3.8, 4) is 0 Å². The monoisotopic (exact) mass is 601 g/mol. The van der Waals surface area contributed by atoms with Gasteiger partial charge in [0, 0.05) is 18.7 Å². The number of rotatable bonds is 7. The Hall–Kier alpha value is -3.25. The summed E-state index contributed by atoms with van der Waals surface area (Å²) < 4.78 is 57.1. The van der Waals surface area contributed by atoms with Crippen LogP contribution in [0.5, 0.6) is 0 Å². The molecule has 0 heterocycles. The molecule has 6 rings (SSSR count). The Balaban J connectivity index is 0.000000224. The van der Waals surface area contributed by atoms with Crippen LogP contribution < -0.4 is 15.6 Å². The lowest BCUT2D eigenvalue weighted by molar-refractivity contribution is -0.387. The first-order valence-electron chi connectivity index (χ1n) is 12.2. The summed E-state index contributed by atoms with van der Waals surface area (Å²) in [7, 11) is -8.04. The second kappa shape index (κ2) is 10.6. The number of anilines is 1. The first-order chi connectivity index (χ1) is 18.5. The van der Waals surface area contributed by atoms with Gasteiger partial charge in [-0.1, -0.05) is 0 Å². The van der Waals surface area contributed by atoms with E-state index in [4.69, 9.17) is 10.3 Å². The molecule has 0 aliphatic heterocycles. The van der Waals surface area contributed by atoms with Gasteiger partial charge in [-0.3, -0.25) is 20.2 Å². The zero-order valence-electron chi connectivity index (χ0n) is 21.0. The van der Waals surface area contributed by atoms with Gasteiger partial charge >= 0.3 is 5.69 Å². The number of hydrogen-bond donors (Lipinski definition) is 4. The molecule has 2 aromatic carbocycles. The molecule has 4 aliphatic carbocycles. The fraction of sp³-hybridized carbons (Fsp3) is 0.478. The average molecular weight is 602 g/mol. The van der Waals surface area contributed by atoms with E-state index in [1.807, 2.05) is 0 Å². The first-order valence-corrected chi connectivity index (χ1v) is 15.3. The van der Waals surface area contributed by atoms with Gasteiger partial charge < -0.3 is 10.4 Å². The predicted molar refractivity (Wildman–Crippen MR) is 139 cm³/mol. The molecule has 14 nitrogen and oxygen atoms in total. The van der Waals surface area contributed by atoms with E-state index in [-0.39, 0.29) is 22.1 Å². The van der Waals surface area contributed by atoms with Gasteiger partial charge in [0.1, 0.15) is 5.69 Å². The summed E-state index contributed by atoms with van der Waals surface area (Å²) >= 11 is 0. The van der Waals surface area contributed by atoms with E-state index in [1.165, 1.54) is 12.1 Å². The van der Waals surface area contributed by atoms with E-state index in [1.54, 1.807) is 0 Å². The summed E-state index contributed by atoms with van der Waals surface area (Å²) in [6.07, 6.45) is 4.94. The van der Waals surface area contributed by atoms with Crippen molar-refractivity contribution in [2.45, 2.75) is 48.0 Å². The third-order valence-electron chi connectivity index (χ3n) is 7.94. The lowest BCUT2D eigenvalue weighted by Crippen LogP contribution is -2.55. The molecule has 4 bridgehead atoms. The Morgan fingerprint density at radius 3 is 1.90 bits per heavy atom. The quantitative estimate of drug-likeness (QED) is 0.266. The summed E-state index contributed by atoms with van der Waals surface area (Å²) in [5.41, 5.74) is -0.848. The van der Waals surface area contributed by atoms with Gasteiger partial charge in [-0.15, -0.1) is 0 Å². The minimum absolute atomic E-state index is 0.0578. The molecule has 0 amide bonds. The maximum absolute atomic E-state index is 12.7. The molecule has 0 radical (unpaired) electrons. The van der Waals surface area contributed by atoms with E-state index < -0.39 is 46.3 Å². The van der Waals surface area contributed by atoms with Gasteiger partial charge in [0.25, 0.3) is 5.69 Å². The molecule has 218 valence electrons. The van der Waals surface area contributed by atoms with Crippen LogP contribution in [-0.4, -0.2) is 44.4 Å². The Labute approximate surface area is 229 Å². The molecule has 4 aliphatic rings. The van der Waals surface area contributed by atoms with Crippen molar-refractivity contribution in [1.82, 2.24) is 0 Å². The molecular weight excluding hydrogens is 573 g/mol. The molecule has 2 unspecified atom stereocenters. The molecule has 4 saturated carbocycles. The summed E-state index contributed by atoms with van der Waals surface area (Å²) in [4.78, 5) is 19.2. The van der Waals surface area contributed by atoms with E-state index in [2.05, 4.69) is 5.32 Å². The number of nitrogens with one attached hydrogen (secondary N) is 1. The SMILES string of the molecule is NS(=O)(=O)c1ccc(F)c([N+](=O)[O-])c1.NS(=O)(=O)c1ccc(NCC23CC4CC(C2)C(O)C(C4)C3)c([N+](=O)[O-])c1. The van der Waals surface area contributed by atoms with Crippen molar-refractivity contribution in [2.24, 2.45) is 33.4 Å². The maximum atomic E-state index is 12.7. The number of primary sulfonamides is 2. The molecule has 2 aromatic rings. The average Bonchev–Trinajstić information content (AvgIpc) is 2.84. The highest BCUT2D eigenvalue weighted by molar-refractivity contribution is 7.89. The van der Waals surface area contributed by atoms with Crippen LogP contribution in [0.25, 0.3) is 0 Å². The molecule has 2 atom stereocenters. The maximum Gasteiger partial charge on any atom is 0.306 e. The van der Waals surface area contributed by atoms with E-state index in [0.717, 1.165) is 44.2 Å². The van der Waals surface area contributed by atoms with E-state index >= 15 is 0 Å². The molecule has 40 heavy (non-hydrogen) atoms. The molecular formula is C23H28FN5O9S2. The second-order valence-electron chi connectivity index (χ2n) is 10.7. The molecule has 4 fully saturated rings. The van der Waals surface area contributed by atoms with Gasteiger partial charge in [-0.25, -0.2) is 27.1 Å². The fourth-order valence-corrected chi connectivity index (χ4v) is 7.53. The van der Waals surface area contributed by atoms with Gasteiger partial charge in [0.05, 0.1) is 25.7 Å². The number of hydrogen-bond acceptors (Lipinski definition) is 10. The van der Waals surface area contributed by atoms with Crippen LogP contribution in [0.3, 0.4) is 0 Å². The third-order valence-corrected chi connectivity index (χ3v) is 9.76. The van der Waals surface area contributed by atoms with Crippen LogP contribution in [0.15, 0.2) is 46.2 Å². The molecule has 17 heteroatoms. The fourth-order valence-electron chi connectivity index (χ4n) is 6.46. The number of nitro groups is 2. The van der Waals surface area contributed by atoms with Crippen molar-refractivity contribution in [1.29, 1.82) is 0 Å². The van der Waals surface area contributed by atoms with Crippen LogP contribution in [0.1, 0.15) is 32.1 Å². The van der Waals surface area contributed by atoms with Gasteiger partial charge in [-0.2, -0.15) is 4.39 Å². The number of nitrogens with zero attached hydrogens (tertiary/aromatic N) is 2. The highest BCUT2D eigenvalue weighted by Gasteiger charge is 2.54. The Morgan fingerprint density at radius 1 is 0.900 bits per heavy atom. The van der Waals surface area contributed by atoms with Crippen molar-refractivity contribution in [3.63, 3.8) is 0 Å². The van der Waals surface area contributed by atoms with Crippen LogP contribution >= 0.6 is 0 Å². The van der Waals surface area contributed by atoms with Gasteiger partial charge in [0.15, 0.2) is 0 Å². The summed E-state index contributed by atoms with van der Waals surface area (Å²) in [5.74, 6) is 0.199. The number of nitro benzene ring substituents is 2. The van der Waals surface area contributed by atoms with Crippen molar-refractivity contribution in [3.05, 3.63) is 62.4 Å². The van der Waals surface area contributed by atoms with E-state index in [9.17, 15) is 46.6 Å². The highest BCUT2D eigenvalue weighted by atomic mass is 32.2. The number of benzene rings is 2. The highest BCUT2D eigenvalue weighted by Crippen LogP contribution is 2.60. The Morgan fingerprint density at radius 2 is 1.40 bits per heavy atom. The number of halogens is 1. The standard InChI is InChI=1S/C17H23N3O5S.C6H5FN2O4S/c18-26(24,25)13-1-2-14(15(5-13)20(22)23)19-9-17-6-10-3-11(7-17)16(21)12(4-10)8-17;7-5-2-1-4(14(8,12)13)3-6(5)9(10)11/h1-2,5,10-12,16,19,21H,3-4,6-9H2,(H2,18,24,25);1-3H,(H2,8,12,13). The largest absolute Gasteiger partial charge is 0.393 e. The molecule has 0 aromatic heterocycles. The van der Waals surface area contributed by atoms with Crippen LogP contribution in [0, 0.1) is 49.2 Å². The second-order valence-corrected chi connectivity index (χ2v) is 13.8. The molecule has 6 N–H and O–H groups in total. The number of sulfonamides is 2. The predicted octanol–water partition coefficient (Wildman–Crippen LogP) is 2.22. The topological polar surface area (TPSA) is 239 Å². The minimum atomic E-state index is -4.05. The minimum Gasteiger partial charge on any atom is -0.393 e. The van der Waals surface area contributed by atoms with Crippen LogP contribution in [-0.2, 0) is 20.0 Å². The molecule has 0 saturated heterocycles. The third kappa shape index (κ3) is 6.22. The molecule has 0 spiro atoms. The lowest BCUT2D eigenvalue weighted by Gasteiger charge is -2.59. The van der Waals surface area contributed by atoms with Crippen molar-refractivity contribution in [2.75, 3.05) is 11.9 Å². The van der Waals surface area contributed by atoms with Crippen molar-refractivity contribution < 1.29 is 36.2 Å². The van der Waals surface area contributed by atoms with E-state index in [0.29, 0.717) is 42.1 Å². The summed E-state index contributed by atoms with van der Waals surface area (Å²) in [6, 6.07) is 5.81. The lowest BCUT2D eigenvalue weighted by atomic mass is 9.48. The Bertz CT molecular complexity index is 1550. The van der Waals surface area contributed by atoms with Crippen LogP contribution in [0.2, 0.25) is 0 Å². The van der Waals surface area contributed by atoms with Gasteiger partial charge in [0.2, 0.25) is 25.9 Å². The first kappa shape index (κ1) is 29.7. The zero-order valence-corrected chi connectivity index (χ0v) is 22.6. The zero-order chi connectivity index (χ0) is 29.6. The Kier molecular flexibility index (Phi) is 7.89.